The number of amides is 1. The number of hydrogen-bond acceptors (Lipinski definition) is 2. The van der Waals surface area contributed by atoms with E-state index in [4.69, 9.17) is 0 Å². The highest BCUT2D eigenvalue weighted by Gasteiger charge is 2.36. The van der Waals surface area contributed by atoms with Gasteiger partial charge in [0, 0.05) is 0 Å². The minimum atomic E-state index is 0.119. The second-order valence-corrected chi connectivity index (χ2v) is 4.55. The summed E-state index contributed by atoms with van der Waals surface area (Å²) in [5, 5.41) is 0. The van der Waals surface area contributed by atoms with E-state index in [2.05, 4.69) is 0 Å². The van der Waals surface area contributed by atoms with Crippen molar-refractivity contribution in [2.45, 2.75) is 12.8 Å². The largest absolute Gasteiger partial charge is 0.345 e. The van der Waals surface area contributed by atoms with Gasteiger partial charge in [-0.2, -0.15) is 0 Å². The van der Waals surface area contributed by atoms with E-state index < -0.39 is 0 Å². The number of hydrogen-bond donors (Lipinski definition) is 0. The standard InChI is InChI=1S/C13H16NO2/c1-14(9-7-12(15)8-10-14)13(16)11-5-3-2-4-6-11/h2-6H,7-10H2,1H3/q+1. The molecule has 0 radical (unpaired) electrons. The molecule has 1 fully saturated rings. The van der Waals surface area contributed by atoms with E-state index in [1.165, 1.54) is 0 Å². The fourth-order valence-corrected chi connectivity index (χ4v) is 2.08. The Balaban J connectivity index is 2.19. The van der Waals surface area contributed by atoms with Crippen LogP contribution in [0.25, 0.3) is 0 Å². The van der Waals surface area contributed by atoms with Crippen LogP contribution in [0.5, 0.6) is 0 Å². The SMILES string of the molecule is C[N+]1(C(=O)c2ccccc2)CCC(=O)CC1. The molecule has 3 nitrogen and oxygen atoms in total. The van der Waals surface area contributed by atoms with Crippen molar-refractivity contribution in [2.24, 2.45) is 0 Å². The molecule has 2 rings (SSSR count). The minimum Gasteiger partial charge on any atom is -0.299 e. The lowest BCUT2D eigenvalue weighted by molar-refractivity contribution is -0.830. The Labute approximate surface area is 95.3 Å². The van der Waals surface area contributed by atoms with Crippen LogP contribution in [0.1, 0.15) is 23.2 Å². The molecule has 0 aliphatic carbocycles. The van der Waals surface area contributed by atoms with E-state index >= 15 is 0 Å². The highest BCUT2D eigenvalue weighted by molar-refractivity contribution is 5.89. The van der Waals surface area contributed by atoms with Gasteiger partial charge in [0.2, 0.25) is 0 Å². The summed E-state index contributed by atoms with van der Waals surface area (Å²) >= 11 is 0. The molecular formula is C13H16NO2+. The van der Waals surface area contributed by atoms with Gasteiger partial charge in [-0.1, -0.05) is 18.2 Å². The van der Waals surface area contributed by atoms with Crippen molar-refractivity contribution in [3.8, 4) is 0 Å². The van der Waals surface area contributed by atoms with Crippen molar-refractivity contribution in [3.05, 3.63) is 35.9 Å². The highest BCUT2D eigenvalue weighted by atomic mass is 16.2. The summed E-state index contributed by atoms with van der Waals surface area (Å²) < 4.78 is 0.357. The summed E-state index contributed by atoms with van der Waals surface area (Å²) in [4.78, 5) is 23.5. The second kappa shape index (κ2) is 4.18. The smallest absolute Gasteiger partial charge is 0.299 e. The number of benzene rings is 1. The monoisotopic (exact) mass is 218 g/mol. The molecular weight excluding hydrogens is 202 g/mol. The number of carbonyl (C=O) groups is 2. The third-order valence-electron chi connectivity index (χ3n) is 3.28. The number of piperidine rings is 1. The predicted octanol–water partition coefficient (Wildman–Crippen LogP) is 1.64. The molecule has 1 aromatic rings. The average molecular weight is 218 g/mol. The van der Waals surface area contributed by atoms with Gasteiger partial charge in [-0.3, -0.25) is 9.28 Å². The van der Waals surface area contributed by atoms with Gasteiger partial charge in [-0.15, -0.1) is 0 Å². The van der Waals surface area contributed by atoms with Crippen LogP contribution in [0.2, 0.25) is 0 Å². The zero-order valence-corrected chi connectivity index (χ0v) is 9.48. The Hall–Kier alpha value is -1.48. The predicted molar refractivity (Wildman–Crippen MR) is 60.9 cm³/mol. The van der Waals surface area contributed by atoms with Crippen molar-refractivity contribution >= 4 is 11.7 Å². The molecule has 1 amide bonds. The van der Waals surface area contributed by atoms with Crippen molar-refractivity contribution in [1.29, 1.82) is 0 Å². The summed E-state index contributed by atoms with van der Waals surface area (Å²) in [6.07, 6.45) is 1.05. The van der Waals surface area contributed by atoms with Crippen molar-refractivity contribution < 1.29 is 14.1 Å². The number of Topliss-reactive ketones (excluding diaryl/α,β-unsaturated/α-hetero) is 1. The van der Waals surface area contributed by atoms with Crippen molar-refractivity contribution in [1.82, 2.24) is 0 Å². The molecule has 0 atom stereocenters. The van der Waals surface area contributed by atoms with Gasteiger partial charge in [-0.25, -0.2) is 4.79 Å². The first kappa shape index (κ1) is 11.0. The number of ketones is 1. The molecule has 0 saturated carbocycles. The molecule has 1 saturated heterocycles. The lowest BCUT2D eigenvalue weighted by Gasteiger charge is -2.34. The lowest BCUT2D eigenvalue weighted by Crippen LogP contribution is -2.54. The Kier molecular flexibility index (Phi) is 2.88. The summed E-state index contributed by atoms with van der Waals surface area (Å²) in [5.74, 6) is 0.393. The van der Waals surface area contributed by atoms with Gasteiger partial charge in [0.1, 0.15) is 5.78 Å². The van der Waals surface area contributed by atoms with Gasteiger partial charge >= 0.3 is 5.91 Å². The van der Waals surface area contributed by atoms with Crippen LogP contribution in [0.15, 0.2) is 30.3 Å². The zero-order valence-electron chi connectivity index (χ0n) is 9.48. The van der Waals surface area contributed by atoms with Crippen LogP contribution in [-0.4, -0.2) is 36.3 Å². The van der Waals surface area contributed by atoms with Crippen LogP contribution >= 0.6 is 0 Å². The van der Waals surface area contributed by atoms with Crippen molar-refractivity contribution in [2.75, 3.05) is 20.1 Å². The fourth-order valence-electron chi connectivity index (χ4n) is 2.08. The van der Waals surface area contributed by atoms with Gasteiger partial charge in [0.15, 0.2) is 0 Å². The van der Waals surface area contributed by atoms with E-state index in [9.17, 15) is 9.59 Å². The minimum absolute atomic E-state index is 0.119. The molecule has 3 heteroatoms. The number of carbonyl (C=O) groups excluding carboxylic acids is 2. The molecule has 1 heterocycles. The third kappa shape index (κ3) is 2.04. The van der Waals surface area contributed by atoms with Crippen LogP contribution < -0.4 is 0 Å². The van der Waals surface area contributed by atoms with Crippen LogP contribution in [0.3, 0.4) is 0 Å². The first-order valence-electron chi connectivity index (χ1n) is 5.58. The summed E-state index contributed by atoms with van der Waals surface area (Å²) in [5.41, 5.74) is 0.736. The van der Waals surface area contributed by atoms with E-state index in [0.717, 1.165) is 5.56 Å². The Morgan fingerprint density at radius 3 is 2.25 bits per heavy atom. The summed E-state index contributed by atoms with van der Waals surface area (Å²) in [6, 6.07) is 9.31. The molecule has 1 aromatic carbocycles. The molecule has 0 bridgehead atoms. The van der Waals surface area contributed by atoms with Gasteiger partial charge in [0.25, 0.3) is 0 Å². The maximum Gasteiger partial charge on any atom is 0.345 e. The molecule has 84 valence electrons. The van der Waals surface area contributed by atoms with E-state index in [1.807, 2.05) is 37.4 Å². The van der Waals surface area contributed by atoms with Crippen LogP contribution in [0, 0.1) is 0 Å². The van der Waals surface area contributed by atoms with Crippen LogP contribution in [0.4, 0.5) is 0 Å². The third-order valence-corrected chi connectivity index (χ3v) is 3.28. The Morgan fingerprint density at radius 2 is 1.69 bits per heavy atom. The fraction of sp³-hybridized carbons (Fsp3) is 0.385. The topological polar surface area (TPSA) is 34.1 Å². The maximum absolute atomic E-state index is 12.3. The summed E-state index contributed by atoms with van der Waals surface area (Å²) in [6.45, 7) is 1.26. The molecule has 0 N–H and O–H groups in total. The second-order valence-electron chi connectivity index (χ2n) is 4.55. The van der Waals surface area contributed by atoms with Crippen LogP contribution in [-0.2, 0) is 4.79 Å². The highest BCUT2D eigenvalue weighted by Crippen LogP contribution is 2.18. The van der Waals surface area contributed by atoms with E-state index in [0.29, 0.717) is 30.4 Å². The lowest BCUT2D eigenvalue weighted by atomic mass is 10.0. The van der Waals surface area contributed by atoms with E-state index in [-0.39, 0.29) is 11.7 Å². The number of rotatable bonds is 1. The van der Waals surface area contributed by atoms with Crippen molar-refractivity contribution in [3.63, 3.8) is 0 Å². The van der Waals surface area contributed by atoms with Gasteiger partial charge < -0.3 is 0 Å². The number of nitrogens with zero attached hydrogens (tertiary/aromatic N) is 1. The summed E-state index contributed by atoms with van der Waals surface area (Å²) in [7, 11) is 1.92. The molecule has 1 aliphatic rings. The van der Waals surface area contributed by atoms with Gasteiger partial charge in [-0.05, 0) is 12.1 Å². The Morgan fingerprint density at radius 1 is 1.12 bits per heavy atom. The maximum atomic E-state index is 12.3. The normalized spacial score (nSPS) is 19.4. The number of likely N-dealkylation sites (tertiary alicyclic amines) is 1. The molecule has 16 heavy (non-hydrogen) atoms. The average Bonchev–Trinajstić information content (AvgIpc) is 2.33. The molecule has 0 aromatic heterocycles. The first-order valence-corrected chi connectivity index (χ1v) is 5.58. The molecule has 0 unspecified atom stereocenters. The quantitative estimate of drug-likeness (QED) is 0.671. The Bertz CT molecular complexity index is 401. The number of quaternary nitrogens is 1. The molecule has 1 aliphatic heterocycles. The van der Waals surface area contributed by atoms with Gasteiger partial charge in [0.05, 0.1) is 38.5 Å². The van der Waals surface area contributed by atoms with E-state index in [1.54, 1.807) is 0 Å². The first-order chi connectivity index (χ1) is 7.62. The zero-order chi connectivity index (χ0) is 11.6. The molecule has 0 spiro atoms.